The fourth-order valence-corrected chi connectivity index (χ4v) is 1.93. The van der Waals surface area contributed by atoms with Crippen molar-refractivity contribution in [3.8, 4) is 0 Å². The first-order chi connectivity index (χ1) is 9.20. The number of rotatable bonds is 5. The first kappa shape index (κ1) is 13.3. The van der Waals surface area contributed by atoms with Gasteiger partial charge in [0.1, 0.15) is 0 Å². The van der Waals surface area contributed by atoms with E-state index in [0.29, 0.717) is 17.3 Å². The summed E-state index contributed by atoms with van der Waals surface area (Å²) < 4.78 is 0. The predicted octanol–water partition coefficient (Wildman–Crippen LogP) is 2.96. The molecule has 5 heteroatoms. The number of aromatic nitrogens is 3. The maximum absolute atomic E-state index is 11.9. The van der Waals surface area contributed by atoms with E-state index in [9.17, 15) is 4.79 Å². The van der Waals surface area contributed by atoms with E-state index in [1.54, 1.807) is 18.3 Å². The zero-order valence-electron chi connectivity index (χ0n) is 11.2. The van der Waals surface area contributed by atoms with Crippen LogP contribution in [0.4, 0.5) is 5.82 Å². The summed E-state index contributed by atoms with van der Waals surface area (Å²) in [5.41, 5.74) is 1.57. The molecule has 2 heterocycles. The zero-order valence-corrected chi connectivity index (χ0v) is 11.2. The molecule has 2 aromatic heterocycles. The fourth-order valence-electron chi connectivity index (χ4n) is 1.93. The molecule has 0 aliphatic carbocycles. The van der Waals surface area contributed by atoms with E-state index in [-0.39, 0.29) is 5.91 Å². The normalized spacial score (nSPS) is 12.1. The van der Waals surface area contributed by atoms with Gasteiger partial charge in [0, 0.05) is 24.2 Å². The Morgan fingerprint density at radius 3 is 3.05 bits per heavy atom. The number of anilines is 1. The molecule has 2 rings (SSSR count). The lowest BCUT2D eigenvalue weighted by Crippen LogP contribution is -2.12. The first-order valence-electron chi connectivity index (χ1n) is 6.47. The maximum atomic E-state index is 11.9. The standard InChI is InChI=1S/C14H18N4O/c1-3-5-10(2)12-8-13(18-17-12)16-14(19)11-6-4-7-15-9-11/h4,6-10H,3,5H2,1-2H3,(H2,16,17,18,19)/t10-/m1/s1. The van der Waals surface area contributed by atoms with Crippen molar-refractivity contribution >= 4 is 11.7 Å². The molecule has 1 amide bonds. The number of H-pyrrole nitrogens is 1. The SMILES string of the molecule is CCC[C@@H](C)c1cc(NC(=O)c2cccnc2)n[nH]1. The van der Waals surface area contributed by atoms with Gasteiger partial charge in [-0.2, -0.15) is 5.10 Å². The van der Waals surface area contributed by atoms with Crippen LogP contribution in [-0.2, 0) is 0 Å². The average molecular weight is 258 g/mol. The zero-order chi connectivity index (χ0) is 13.7. The van der Waals surface area contributed by atoms with Crippen molar-refractivity contribution in [1.82, 2.24) is 15.2 Å². The van der Waals surface area contributed by atoms with E-state index in [1.165, 1.54) is 6.20 Å². The number of aromatic amines is 1. The molecule has 0 bridgehead atoms. The Morgan fingerprint density at radius 2 is 2.37 bits per heavy atom. The lowest BCUT2D eigenvalue weighted by atomic mass is 10.0. The molecular formula is C14H18N4O. The Bertz CT molecular complexity index is 535. The molecule has 100 valence electrons. The van der Waals surface area contributed by atoms with Gasteiger partial charge in [-0.25, -0.2) is 0 Å². The minimum absolute atomic E-state index is 0.200. The van der Waals surface area contributed by atoms with Gasteiger partial charge in [-0.3, -0.25) is 14.9 Å². The molecule has 0 aliphatic rings. The summed E-state index contributed by atoms with van der Waals surface area (Å²) >= 11 is 0. The van der Waals surface area contributed by atoms with Crippen LogP contribution in [0.2, 0.25) is 0 Å². The van der Waals surface area contributed by atoms with Gasteiger partial charge < -0.3 is 5.32 Å². The van der Waals surface area contributed by atoms with Crippen LogP contribution in [0.1, 0.15) is 48.7 Å². The van der Waals surface area contributed by atoms with Gasteiger partial charge in [-0.1, -0.05) is 20.3 Å². The van der Waals surface area contributed by atoms with Crippen molar-refractivity contribution in [3.63, 3.8) is 0 Å². The van der Waals surface area contributed by atoms with Gasteiger partial charge in [-0.05, 0) is 24.5 Å². The topological polar surface area (TPSA) is 70.7 Å². The van der Waals surface area contributed by atoms with Gasteiger partial charge in [0.15, 0.2) is 5.82 Å². The van der Waals surface area contributed by atoms with Crippen LogP contribution in [0.3, 0.4) is 0 Å². The second-order valence-corrected chi connectivity index (χ2v) is 4.59. The predicted molar refractivity (Wildman–Crippen MR) is 74.1 cm³/mol. The van der Waals surface area contributed by atoms with Crippen LogP contribution < -0.4 is 5.32 Å². The monoisotopic (exact) mass is 258 g/mol. The minimum atomic E-state index is -0.200. The molecule has 2 N–H and O–H groups in total. The highest BCUT2D eigenvalue weighted by Crippen LogP contribution is 2.20. The quantitative estimate of drug-likeness (QED) is 0.866. The second kappa shape index (κ2) is 6.13. The van der Waals surface area contributed by atoms with E-state index in [2.05, 4.69) is 34.3 Å². The minimum Gasteiger partial charge on any atom is -0.305 e. The number of hydrogen-bond acceptors (Lipinski definition) is 3. The summed E-state index contributed by atoms with van der Waals surface area (Å²) in [7, 11) is 0. The first-order valence-corrected chi connectivity index (χ1v) is 6.47. The third-order valence-corrected chi connectivity index (χ3v) is 3.02. The molecular weight excluding hydrogens is 240 g/mol. The summed E-state index contributed by atoms with van der Waals surface area (Å²) in [6, 6.07) is 5.33. The van der Waals surface area contributed by atoms with Crippen LogP contribution in [-0.4, -0.2) is 21.1 Å². The summed E-state index contributed by atoms with van der Waals surface area (Å²) in [6.07, 6.45) is 5.38. The highest BCUT2D eigenvalue weighted by atomic mass is 16.1. The van der Waals surface area contributed by atoms with Crippen LogP contribution >= 0.6 is 0 Å². The third kappa shape index (κ3) is 3.40. The Balaban J connectivity index is 2.02. The molecule has 0 saturated heterocycles. The molecule has 0 fully saturated rings. The van der Waals surface area contributed by atoms with Crippen LogP contribution in [0, 0.1) is 0 Å². The smallest absolute Gasteiger partial charge is 0.258 e. The number of carbonyl (C=O) groups is 1. The molecule has 0 aliphatic heterocycles. The van der Waals surface area contributed by atoms with Crippen LogP contribution in [0.15, 0.2) is 30.6 Å². The van der Waals surface area contributed by atoms with Crippen molar-refractivity contribution < 1.29 is 4.79 Å². The van der Waals surface area contributed by atoms with E-state index >= 15 is 0 Å². The van der Waals surface area contributed by atoms with Crippen LogP contribution in [0.25, 0.3) is 0 Å². The molecule has 19 heavy (non-hydrogen) atoms. The number of carbonyl (C=O) groups excluding carboxylic acids is 1. The van der Waals surface area contributed by atoms with Gasteiger partial charge in [0.25, 0.3) is 5.91 Å². The average Bonchev–Trinajstić information content (AvgIpc) is 2.88. The maximum Gasteiger partial charge on any atom is 0.258 e. The Kier molecular flexibility index (Phi) is 4.28. The number of nitrogens with zero attached hydrogens (tertiary/aromatic N) is 2. The number of hydrogen-bond donors (Lipinski definition) is 2. The van der Waals surface area contributed by atoms with Crippen molar-refractivity contribution in [3.05, 3.63) is 41.9 Å². The molecule has 5 nitrogen and oxygen atoms in total. The van der Waals surface area contributed by atoms with E-state index in [0.717, 1.165) is 18.5 Å². The van der Waals surface area contributed by atoms with Crippen molar-refractivity contribution in [2.24, 2.45) is 0 Å². The Hall–Kier alpha value is -2.17. The molecule has 0 aromatic carbocycles. The van der Waals surface area contributed by atoms with Gasteiger partial charge in [0.05, 0.1) is 5.56 Å². The lowest BCUT2D eigenvalue weighted by Gasteiger charge is -2.05. The third-order valence-electron chi connectivity index (χ3n) is 3.02. The number of amides is 1. The Morgan fingerprint density at radius 1 is 1.53 bits per heavy atom. The van der Waals surface area contributed by atoms with E-state index in [4.69, 9.17) is 0 Å². The van der Waals surface area contributed by atoms with Gasteiger partial charge >= 0.3 is 0 Å². The van der Waals surface area contributed by atoms with E-state index < -0.39 is 0 Å². The Labute approximate surface area is 112 Å². The largest absolute Gasteiger partial charge is 0.305 e. The lowest BCUT2D eigenvalue weighted by molar-refractivity contribution is 0.102. The fraction of sp³-hybridized carbons (Fsp3) is 0.357. The molecule has 0 saturated carbocycles. The molecule has 0 radical (unpaired) electrons. The van der Waals surface area contributed by atoms with Crippen LogP contribution in [0.5, 0.6) is 0 Å². The summed E-state index contributed by atoms with van der Waals surface area (Å²) in [4.78, 5) is 15.8. The van der Waals surface area contributed by atoms with Gasteiger partial charge in [-0.15, -0.1) is 0 Å². The molecule has 0 unspecified atom stereocenters. The van der Waals surface area contributed by atoms with E-state index in [1.807, 2.05) is 6.07 Å². The second-order valence-electron chi connectivity index (χ2n) is 4.59. The molecule has 0 spiro atoms. The number of pyridine rings is 1. The summed E-state index contributed by atoms with van der Waals surface area (Å²) in [6.45, 7) is 4.29. The highest BCUT2D eigenvalue weighted by molar-refractivity contribution is 6.03. The van der Waals surface area contributed by atoms with Crippen molar-refractivity contribution in [2.75, 3.05) is 5.32 Å². The number of nitrogens with one attached hydrogen (secondary N) is 2. The summed E-state index contributed by atoms with van der Waals surface area (Å²) in [5, 5.41) is 9.83. The van der Waals surface area contributed by atoms with Crippen molar-refractivity contribution in [2.45, 2.75) is 32.6 Å². The highest BCUT2D eigenvalue weighted by Gasteiger charge is 2.11. The summed E-state index contributed by atoms with van der Waals surface area (Å²) in [5.74, 6) is 0.766. The van der Waals surface area contributed by atoms with Crippen molar-refractivity contribution in [1.29, 1.82) is 0 Å². The molecule has 1 atom stereocenters. The van der Waals surface area contributed by atoms with Gasteiger partial charge in [0.2, 0.25) is 0 Å². The molecule has 2 aromatic rings.